The van der Waals surface area contributed by atoms with E-state index in [0.717, 1.165) is 6.08 Å². The summed E-state index contributed by atoms with van der Waals surface area (Å²) in [5, 5.41) is 8.29. The minimum absolute atomic E-state index is 0.106. The summed E-state index contributed by atoms with van der Waals surface area (Å²) in [6.07, 6.45) is 1.83. The lowest BCUT2D eigenvalue weighted by atomic mass is 10.1. The molecule has 1 N–H and O–H groups in total. The second-order valence-electron chi connectivity index (χ2n) is 2.59. The Hall–Kier alpha value is -1.64. The fourth-order valence-corrected chi connectivity index (χ4v) is 0.990. The lowest BCUT2D eigenvalue weighted by molar-refractivity contribution is -0.114. The summed E-state index contributed by atoms with van der Waals surface area (Å²) in [7, 11) is 0. The number of rotatable bonds is 3. The van der Waals surface area contributed by atoms with E-state index in [0.29, 0.717) is 11.8 Å². The summed E-state index contributed by atoms with van der Waals surface area (Å²) in [6.45, 7) is 0. The van der Waals surface area contributed by atoms with Gasteiger partial charge in [-0.2, -0.15) is 0 Å². The third-order valence-electron chi connectivity index (χ3n) is 1.53. The third-order valence-corrected chi connectivity index (χ3v) is 1.53. The molecular weight excluding hydrogens is 171 g/mol. The molecule has 0 fully saturated rings. The molecule has 68 valence electrons. The van der Waals surface area contributed by atoms with Gasteiger partial charge in [-0.05, 0) is 17.7 Å². The van der Waals surface area contributed by atoms with Crippen LogP contribution in [0, 0.1) is 5.82 Å². The third kappa shape index (κ3) is 3.07. The van der Waals surface area contributed by atoms with Crippen LogP contribution in [0.2, 0.25) is 0 Å². The number of halogens is 1. The van der Waals surface area contributed by atoms with Crippen LogP contribution >= 0.6 is 0 Å². The Balaban J connectivity index is 2.69. The molecule has 13 heavy (non-hydrogen) atoms. The highest BCUT2D eigenvalue weighted by Crippen LogP contribution is 2.04. The van der Waals surface area contributed by atoms with Gasteiger partial charge in [0, 0.05) is 12.5 Å². The second kappa shape index (κ2) is 4.40. The van der Waals surface area contributed by atoms with E-state index in [1.165, 1.54) is 12.1 Å². The summed E-state index contributed by atoms with van der Waals surface area (Å²) in [5.41, 5.74) is 0.600. The fraction of sp³-hybridized carbons (Fsp3) is 0.100. The predicted octanol–water partition coefficient (Wildman–Crippen LogP) is 2.01. The number of benzene rings is 1. The first-order chi connectivity index (χ1) is 6.22. The van der Waals surface area contributed by atoms with Crippen molar-refractivity contribution < 1.29 is 14.3 Å². The van der Waals surface area contributed by atoms with Crippen molar-refractivity contribution in [2.45, 2.75) is 6.42 Å². The van der Waals surface area contributed by atoms with Crippen molar-refractivity contribution in [3.05, 3.63) is 48.0 Å². The van der Waals surface area contributed by atoms with Gasteiger partial charge in [-0.1, -0.05) is 12.1 Å². The van der Waals surface area contributed by atoms with Crippen LogP contribution in [0.3, 0.4) is 0 Å². The molecule has 0 heterocycles. The maximum atomic E-state index is 12.6. The lowest BCUT2D eigenvalue weighted by Gasteiger charge is -1.96. The highest BCUT2D eigenvalue weighted by molar-refractivity contribution is 5.91. The van der Waals surface area contributed by atoms with Crippen LogP contribution in [0.15, 0.2) is 36.6 Å². The number of aliphatic hydroxyl groups is 1. The molecule has 0 unspecified atom stereocenters. The largest absolute Gasteiger partial charge is 0.515 e. The zero-order valence-corrected chi connectivity index (χ0v) is 6.90. The van der Waals surface area contributed by atoms with Crippen LogP contribution in [0.5, 0.6) is 0 Å². The van der Waals surface area contributed by atoms with E-state index in [9.17, 15) is 9.18 Å². The molecule has 0 amide bonds. The van der Waals surface area contributed by atoms with Crippen LogP contribution in [0.25, 0.3) is 0 Å². The number of carbonyl (C=O) groups excluding carboxylic acids is 1. The van der Waals surface area contributed by atoms with Crippen molar-refractivity contribution in [3.63, 3.8) is 0 Å². The molecule has 0 bridgehead atoms. The van der Waals surface area contributed by atoms with Gasteiger partial charge in [0.25, 0.3) is 0 Å². The maximum Gasteiger partial charge on any atom is 0.163 e. The van der Waals surface area contributed by atoms with Gasteiger partial charge in [0.15, 0.2) is 5.78 Å². The van der Waals surface area contributed by atoms with Crippen LogP contribution in [0.4, 0.5) is 4.39 Å². The van der Waals surface area contributed by atoms with E-state index in [2.05, 4.69) is 0 Å². The van der Waals surface area contributed by atoms with Crippen LogP contribution in [0.1, 0.15) is 5.56 Å². The Morgan fingerprint density at radius 1 is 1.54 bits per heavy atom. The molecule has 2 nitrogen and oxygen atoms in total. The van der Waals surface area contributed by atoms with Crippen molar-refractivity contribution in [2.24, 2.45) is 0 Å². The van der Waals surface area contributed by atoms with Crippen LogP contribution in [-0.2, 0) is 11.2 Å². The highest BCUT2D eigenvalue weighted by Gasteiger charge is 2.00. The molecule has 0 aromatic heterocycles. The minimum Gasteiger partial charge on any atom is -0.515 e. The van der Waals surface area contributed by atoms with E-state index < -0.39 is 0 Å². The molecule has 0 atom stereocenters. The Bertz CT molecular complexity index is 331. The average Bonchev–Trinajstić information content (AvgIpc) is 2.04. The van der Waals surface area contributed by atoms with E-state index in [1.54, 1.807) is 12.1 Å². The molecule has 1 rings (SSSR count). The first-order valence-corrected chi connectivity index (χ1v) is 3.80. The van der Waals surface area contributed by atoms with Crippen molar-refractivity contribution in [3.8, 4) is 0 Å². The number of hydrogen-bond acceptors (Lipinski definition) is 2. The van der Waals surface area contributed by atoms with Crippen molar-refractivity contribution >= 4 is 5.78 Å². The molecule has 1 aromatic rings. The van der Waals surface area contributed by atoms with Crippen molar-refractivity contribution in [1.82, 2.24) is 0 Å². The molecule has 0 aliphatic rings. The first-order valence-electron chi connectivity index (χ1n) is 3.80. The van der Waals surface area contributed by atoms with Crippen LogP contribution < -0.4 is 0 Å². The van der Waals surface area contributed by atoms with Gasteiger partial charge in [-0.25, -0.2) is 4.39 Å². The molecule has 0 aliphatic carbocycles. The highest BCUT2D eigenvalue weighted by atomic mass is 19.1. The smallest absolute Gasteiger partial charge is 0.163 e. The SMILES string of the molecule is O=C(/C=C\O)Cc1cccc(F)c1. The quantitative estimate of drug-likeness (QED) is 0.570. The average molecular weight is 180 g/mol. The number of hydrogen-bond donors (Lipinski definition) is 1. The zero-order valence-electron chi connectivity index (χ0n) is 6.90. The predicted molar refractivity (Wildman–Crippen MR) is 46.9 cm³/mol. The van der Waals surface area contributed by atoms with Crippen molar-refractivity contribution in [1.29, 1.82) is 0 Å². The minimum atomic E-state index is -0.363. The fourth-order valence-electron chi connectivity index (χ4n) is 0.990. The topological polar surface area (TPSA) is 37.3 Å². The molecule has 1 aromatic carbocycles. The molecule has 3 heteroatoms. The van der Waals surface area contributed by atoms with E-state index >= 15 is 0 Å². The first kappa shape index (κ1) is 9.45. The lowest BCUT2D eigenvalue weighted by Crippen LogP contribution is -1.98. The Morgan fingerprint density at radius 2 is 2.31 bits per heavy atom. The van der Waals surface area contributed by atoms with E-state index in [1.807, 2.05) is 0 Å². The Morgan fingerprint density at radius 3 is 2.92 bits per heavy atom. The standard InChI is InChI=1S/C10H9FO2/c11-9-3-1-2-8(6-9)7-10(13)4-5-12/h1-6,12H,7H2/b5-4-. The number of carbonyl (C=O) groups is 1. The van der Waals surface area contributed by atoms with Gasteiger partial charge in [0.1, 0.15) is 5.82 Å². The summed E-state index contributed by atoms with van der Waals surface area (Å²) < 4.78 is 12.6. The summed E-state index contributed by atoms with van der Waals surface area (Å²) in [6, 6.07) is 5.81. The number of allylic oxidation sites excluding steroid dienone is 1. The molecule has 0 aliphatic heterocycles. The molecule has 0 radical (unpaired) electrons. The van der Waals surface area contributed by atoms with Gasteiger partial charge in [0.05, 0.1) is 6.26 Å². The number of ketones is 1. The summed E-state index contributed by atoms with van der Waals surface area (Å²) >= 11 is 0. The Labute approximate surface area is 75.3 Å². The van der Waals surface area contributed by atoms with Gasteiger partial charge in [-0.3, -0.25) is 4.79 Å². The summed E-state index contributed by atoms with van der Waals surface area (Å²) in [5.74, 6) is -0.619. The van der Waals surface area contributed by atoms with Gasteiger partial charge < -0.3 is 5.11 Å². The van der Waals surface area contributed by atoms with Crippen molar-refractivity contribution in [2.75, 3.05) is 0 Å². The monoisotopic (exact) mass is 180 g/mol. The van der Waals surface area contributed by atoms with Crippen LogP contribution in [-0.4, -0.2) is 10.9 Å². The maximum absolute atomic E-state index is 12.6. The van der Waals surface area contributed by atoms with Gasteiger partial charge in [-0.15, -0.1) is 0 Å². The van der Waals surface area contributed by atoms with Gasteiger partial charge in [0.2, 0.25) is 0 Å². The number of aliphatic hydroxyl groups excluding tert-OH is 1. The Kier molecular flexibility index (Phi) is 3.20. The van der Waals surface area contributed by atoms with E-state index in [4.69, 9.17) is 5.11 Å². The van der Waals surface area contributed by atoms with Gasteiger partial charge >= 0.3 is 0 Å². The molecule has 0 spiro atoms. The molecule has 0 saturated carbocycles. The second-order valence-corrected chi connectivity index (χ2v) is 2.59. The normalized spacial score (nSPS) is 10.5. The van der Waals surface area contributed by atoms with E-state index in [-0.39, 0.29) is 18.0 Å². The molecular formula is C10H9FO2. The zero-order chi connectivity index (χ0) is 9.68. The molecule has 0 saturated heterocycles. The summed E-state index contributed by atoms with van der Waals surface area (Å²) in [4.78, 5) is 11.0.